The molecule has 0 aliphatic rings. The molecule has 0 spiro atoms. The van der Waals surface area contributed by atoms with E-state index < -0.39 is 11.9 Å². The number of nitrogens with one attached hydrogen (secondary N) is 1. The van der Waals surface area contributed by atoms with E-state index in [1.807, 2.05) is 0 Å². The highest BCUT2D eigenvalue weighted by atomic mass is 16.5. The summed E-state index contributed by atoms with van der Waals surface area (Å²) in [6, 6.07) is 3.21. The molecule has 1 aromatic rings. The van der Waals surface area contributed by atoms with E-state index in [-0.39, 0.29) is 13.2 Å². The lowest BCUT2D eigenvalue weighted by Crippen LogP contribution is -2.16. The zero-order valence-electron chi connectivity index (χ0n) is 9.88. The van der Waals surface area contributed by atoms with Gasteiger partial charge >= 0.3 is 11.9 Å². The molecule has 1 rings (SSSR count). The van der Waals surface area contributed by atoms with Crippen molar-refractivity contribution in [3.63, 3.8) is 0 Å². The lowest BCUT2D eigenvalue weighted by Gasteiger charge is -2.09. The summed E-state index contributed by atoms with van der Waals surface area (Å²) in [5.74, 6) is -1.14. The van der Waals surface area contributed by atoms with Gasteiger partial charge in [-0.15, -0.1) is 0 Å². The maximum absolute atomic E-state index is 11.4. The summed E-state index contributed by atoms with van der Waals surface area (Å²) in [5, 5.41) is 11.2. The van der Waals surface area contributed by atoms with Crippen LogP contribution in [0.15, 0.2) is 18.3 Å². The molecule has 7 nitrogen and oxygen atoms in total. The van der Waals surface area contributed by atoms with Gasteiger partial charge in [0, 0.05) is 12.7 Å². The van der Waals surface area contributed by atoms with E-state index in [0.29, 0.717) is 17.9 Å². The quantitative estimate of drug-likeness (QED) is 0.536. The summed E-state index contributed by atoms with van der Waals surface area (Å²) in [4.78, 5) is 25.6. The Hall–Kier alpha value is -2.15. The zero-order chi connectivity index (χ0) is 13.4. The number of hydrogen-bond acceptors (Lipinski definition) is 6. The van der Waals surface area contributed by atoms with Gasteiger partial charge in [-0.25, -0.2) is 14.6 Å². The van der Waals surface area contributed by atoms with Gasteiger partial charge in [0.25, 0.3) is 0 Å². The Kier molecular flexibility index (Phi) is 5.59. The molecule has 1 heterocycles. The largest absolute Gasteiger partial charge is 0.480 e. The molecule has 0 aliphatic carbocycles. The van der Waals surface area contributed by atoms with Gasteiger partial charge in [0.2, 0.25) is 0 Å². The second-order valence-electron chi connectivity index (χ2n) is 3.26. The first-order valence-electron chi connectivity index (χ1n) is 5.22. The minimum atomic E-state index is -1.02. The summed E-state index contributed by atoms with van der Waals surface area (Å²) in [7, 11) is 1.29. The van der Waals surface area contributed by atoms with Crippen LogP contribution in [-0.2, 0) is 14.3 Å². The fraction of sp³-hybridized carbons (Fsp3) is 0.364. The van der Waals surface area contributed by atoms with E-state index in [4.69, 9.17) is 9.84 Å². The average Bonchev–Trinajstić information content (AvgIpc) is 2.37. The molecule has 18 heavy (non-hydrogen) atoms. The van der Waals surface area contributed by atoms with E-state index in [0.717, 1.165) is 0 Å². The van der Waals surface area contributed by atoms with Gasteiger partial charge in [-0.1, -0.05) is 0 Å². The van der Waals surface area contributed by atoms with Crippen LogP contribution < -0.4 is 5.32 Å². The predicted octanol–water partition coefficient (Wildman–Crippen LogP) is 0.381. The van der Waals surface area contributed by atoms with Crippen molar-refractivity contribution in [2.45, 2.75) is 0 Å². The van der Waals surface area contributed by atoms with Crippen LogP contribution in [0.1, 0.15) is 10.4 Å². The Morgan fingerprint density at radius 3 is 2.94 bits per heavy atom. The standard InChI is InChI=1S/C11H14N2O5/c1-17-11(16)8-3-2-4-12-10(8)13-5-6-18-7-9(14)15/h2-4H,5-7H2,1H3,(H,12,13)(H,14,15). The zero-order valence-corrected chi connectivity index (χ0v) is 9.88. The maximum Gasteiger partial charge on any atom is 0.341 e. The summed E-state index contributed by atoms with van der Waals surface area (Å²) in [6.07, 6.45) is 1.53. The van der Waals surface area contributed by atoms with Gasteiger partial charge in [-0.2, -0.15) is 0 Å². The van der Waals surface area contributed by atoms with Crippen LogP contribution >= 0.6 is 0 Å². The molecule has 0 aromatic carbocycles. The van der Waals surface area contributed by atoms with Crippen molar-refractivity contribution in [1.29, 1.82) is 0 Å². The molecule has 0 amide bonds. The van der Waals surface area contributed by atoms with Crippen LogP contribution in [0.4, 0.5) is 5.82 Å². The molecular formula is C11H14N2O5. The summed E-state index contributed by atoms with van der Waals surface area (Å²) < 4.78 is 9.45. The predicted molar refractivity (Wildman–Crippen MR) is 62.5 cm³/mol. The van der Waals surface area contributed by atoms with Crippen molar-refractivity contribution < 1.29 is 24.2 Å². The Morgan fingerprint density at radius 2 is 2.28 bits per heavy atom. The van der Waals surface area contributed by atoms with Crippen molar-refractivity contribution in [2.24, 2.45) is 0 Å². The van der Waals surface area contributed by atoms with E-state index in [2.05, 4.69) is 15.0 Å². The number of carboxylic acids is 1. The van der Waals surface area contributed by atoms with Crippen LogP contribution in [0, 0.1) is 0 Å². The third kappa shape index (κ3) is 4.38. The normalized spacial score (nSPS) is 9.83. The smallest absolute Gasteiger partial charge is 0.341 e. The SMILES string of the molecule is COC(=O)c1cccnc1NCCOCC(=O)O. The molecule has 0 atom stereocenters. The number of rotatable bonds is 7. The number of aromatic nitrogens is 1. The average molecular weight is 254 g/mol. The van der Waals surface area contributed by atoms with Crippen LogP contribution in [0.25, 0.3) is 0 Å². The number of carbonyl (C=O) groups is 2. The topological polar surface area (TPSA) is 97.8 Å². The highest BCUT2D eigenvalue weighted by Crippen LogP contribution is 2.11. The van der Waals surface area contributed by atoms with Crippen molar-refractivity contribution >= 4 is 17.8 Å². The minimum absolute atomic E-state index is 0.198. The van der Waals surface area contributed by atoms with E-state index in [1.54, 1.807) is 12.1 Å². The second kappa shape index (κ2) is 7.23. The fourth-order valence-corrected chi connectivity index (χ4v) is 1.22. The Morgan fingerprint density at radius 1 is 1.50 bits per heavy atom. The van der Waals surface area contributed by atoms with Crippen molar-refractivity contribution in [3.8, 4) is 0 Å². The van der Waals surface area contributed by atoms with Gasteiger partial charge in [0.15, 0.2) is 0 Å². The molecular weight excluding hydrogens is 240 g/mol. The molecule has 0 saturated heterocycles. The first-order chi connectivity index (χ1) is 8.65. The molecule has 0 bridgehead atoms. The van der Waals surface area contributed by atoms with Gasteiger partial charge in [0.05, 0.1) is 13.7 Å². The van der Waals surface area contributed by atoms with Gasteiger partial charge < -0.3 is 19.9 Å². The first kappa shape index (κ1) is 13.9. The number of carboxylic acid groups (broad SMARTS) is 1. The fourth-order valence-electron chi connectivity index (χ4n) is 1.22. The number of ether oxygens (including phenoxy) is 2. The molecule has 7 heteroatoms. The van der Waals surface area contributed by atoms with Crippen molar-refractivity contribution in [3.05, 3.63) is 23.9 Å². The Bertz CT molecular complexity index is 422. The summed E-state index contributed by atoms with van der Waals surface area (Å²) in [6.45, 7) is 0.186. The molecule has 0 radical (unpaired) electrons. The second-order valence-corrected chi connectivity index (χ2v) is 3.26. The van der Waals surface area contributed by atoms with Crippen molar-refractivity contribution in [2.75, 3.05) is 32.2 Å². The van der Waals surface area contributed by atoms with Gasteiger partial charge in [0.1, 0.15) is 18.0 Å². The summed E-state index contributed by atoms with van der Waals surface area (Å²) >= 11 is 0. The highest BCUT2D eigenvalue weighted by Gasteiger charge is 2.11. The number of hydrogen-bond donors (Lipinski definition) is 2. The maximum atomic E-state index is 11.4. The molecule has 0 unspecified atom stereocenters. The third-order valence-electron chi connectivity index (χ3n) is 1.98. The first-order valence-corrected chi connectivity index (χ1v) is 5.22. The molecule has 2 N–H and O–H groups in total. The lowest BCUT2D eigenvalue weighted by atomic mass is 10.2. The molecule has 98 valence electrons. The number of aliphatic carboxylic acids is 1. The van der Waals surface area contributed by atoms with Gasteiger partial charge in [-0.05, 0) is 12.1 Å². The van der Waals surface area contributed by atoms with Crippen LogP contribution in [-0.4, -0.2) is 48.9 Å². The number of carbonyl (C=O) groups excluding carboxylic acids is 1. The molecule has 0 aliphatic heterocycles. The highest BCUT2D eigenvalue weighted by molar-refractivity contribution is 5.94. The number of methoxy groups -OCH3 is 1. The van der Waals surface area contributed by atoms with Crippen LogP contribution in [0.3, 0.4) is 0 Å². The lowest BCUT2D eigenvalue weighted by molar-refractivity contribution is -0.142. The number of nitrogens with zero attached hydrogens (tertiary/aromatic N) is 1. The van der Waals surface area contributed by atoms with Crippen molar-refractivity contribution in [1.82, 2.24) is 4.98 Å². The Labute approximate surface area is 104 Å². The number of anilines is 1. The monoisotopic (exact) mass is 254 g/mol. The van der Waals surface area contributed by atoms with E-state index in [9.17, 15) is 9.59 Å². The van der Waals surface area contributed by atoms with Crippen LogP contribution in [0.5, 0.6) is 0 Å². The Balaban J connectivity index is 2.46. The van der Waals surface area contributed by atoms with E-state index in [1.165, 1.54) is 13.3 Å². The molecule has 0 saturated carbocycles. The molecule has 1 aromatic heterocycles. The summed E-state index contributed by atoms with van der Waals surface area (Å²) in [5.41, 5.74) is 0.318. The molecule has 0 fully saturated rings. The van der Waals surface area contributed by atoms with E-state index >= 15 is 0 Å². The van der Waals surface area contributed by atoms with Crippen LogP contribution in [0.2, 0.25) is 0 Å². The van der Waals surface area contributed by atoms with Gasteiger partial charge in [-0.3, -0.25) is 0 Å². The number of pyridine rings is 1. The number of esters is 1. The third-order valence-corrected chi connectivity index (χ3v) is 1.98. The minimum Gasteiger partial charge on any atom is -0.480 e.